The molecule has 0 bridgehead atoms. The van der Waals surface area contributed by atoms with Crippen molar-refractivity contribution in [1.29, 1.82) is 0 Å². The predicted molar refractivity (Wildman–Crippen MR) is 132 cm³/mol. The molecule has 30 heavy (non-hydrogen) atoms. The first-order chi connectivity index (χ1) is 14.5. The summed E-state index contributed by atoms with van der Waals surface area (Å²) in [6, 6.07) is 26.6. The average Bonchev–Trinajstić information content (AvgIpc) is 2.75. The van der Waals surface area contributed by atoms with Gasteiger partial charge in [0, 0.05) is 12.2 Å². The van der Waals surface area contributed by atoms with Crippen molar-refractivity contribution in [3.8, 4) is 0 Å². The molecular weight excluding hydrogens is 362 g/mol. The Hall–Kier alpha value is -2.54. The van der Waals surface area contributed by atoms with Crippen LogP contribution in [0.15, 0.2) is 72.8 Å². The minimum Gasteiger partial charge on any atom is -0.385 e. The van der Waals surface area contributed by atoms with Gasteiger partial charge in [-0.3, -0.25) is 0 Å². The minimum atomic E-state index is 0.270. The van der Waals surface area contributed by atoms with E-state index >= 15 is 0 Å². The fourth-order valence-corrected chi connectivity index (χ4v) is 4.57. The molecule has 1 N–H and O–H groups in total. The van der Waals surface area contributed by atoms with E-state index in [-0.39, 0.29) is 5.41 Å². The molecule has 0 fully saturated rings. The van der Waals surface area contributed by atoms with Crippen LogP contribution in [0.5, 0.6) is 0 Å². The van der Waals surface area contributed by atoms with Gasteiger partial charge in [0.05, 0.1) is 0 Å². The zero-order valence-corrected chi connectivity index (χ0v) is 19.3. The highest BCUT2D eigenvalue weighted by molar-refractivity contribution is 5.64. The molecule has 0 saturated carbocycles. The van der Waals surface area contributed by atoms with Crippen molar-refractivity contribution in [2.24, 2.45) is 5.41 Å². The van der Waals surface area contributed by atoms with Crippen LogP contribution in [0.2, 0.25) is 0 Å². The summed E-state index contributed by atoms with van der Waals surface area (Å²) in [5.41, 5.74) is 8.78. The lowest BCUT2D eigenvalue weighted by Gasteiger charge is -2.37. The van der Waals surface area contributed by atoms with Crippen molar-refractivity contribution in [1.82, 2.24) is 0 Å². The monoisotopic (exact) mass is 399 g/mol. The summed E-state index contributed by atoms with van der Waals surface area (Å²) in [6.07, 6.45) is 3.18. The van der Waals surface area contributed by atoms with Gasteiger partial charge >= 0.3 is 0 Å². The molecule has 1 heterocycles. The minimum absolute atomic E-state index is 0.270. The highest BCUT2D eigenvalue weighted by atomic mass is 14.9. The Balaban J connectivity index is 0.00000124. The zero-order chi connectivity index (χ0) is 21.6. The number of hydrogen-bond donors (Lipinski definition) is 1. The smallest absolute Gasteiger partial charge is 0.0411 e. The molecule has 0 aromatic heterocycles. The van der Waals surface area contributed by atoms with Gasteiger partial charge in [0.25, 0.3) is 0 Å². The second-order valence-electron chi connectivity index (χ2n) is 9.18. The predicted octanol–water partition coefficient (Wildman–Crippen LogP) is 7.84. The van der Waals surface area contributed by atoms with Crippen molar-refractivity contribution >= 4 is 5.69 Å². The molecule has 0 spiro atoms. The first-order valence-electron chi connectivity index (χ1n) is 11.5. The third-order valence-electron chi connectivity index (χ3n) is 5.95. The summed E-state index contributed by atoms with van der Waals surface area (Å²) in [5.74, 6) is 0.592. The molecule has 158 valence electrons. The van der Waals surface area contributed by atoms with Gasteiger partial charge in [-0.1, -0.05) is 107 Å². The van der Waals surface area contributed by atoms with Crippen LogP contribution in [0.1, 0.15) is 74.8 Å². The molecule has 0 aliphatic carbocycles. The molecular formula is C29H37N. The molecule has 0 amide bonds. The van der Waals surface area contributed by atoms with Gasteiger partial charge in [-0.25, -0.2) is 0 Å². The van der Waals surface area contributed by atoms with E-state index < -0.39 is 0 Å². The third kappa shape index (κ3) is 5.33. The van der Waals surface area contributed by atoms with Gasteiger partial charge in [-0.2, -0.15) is 0 Å². The number of fused-ring (bicyclic) bond motifs is 1. The van der Waals surface area contributed by atoms with Crippen molar-refractivity contribution in [2.75, 3.05) is 11.9 Å². The number of hydrogen-bond acceptors (Lipinski definition) is 1. The van der Waals surface area contributed by atoms with E-state index in [9.17, 15) is 0 Å². The zero-order valence-electron chi connectivity index (χ0n) is 19.3. The summed E-state index contributed by atoms with van der Waals surface area (Å²) < 4.78 is 0. The Labute approximate surface area is 183 Å². The topological polar surface area (TPSA) is 12.0 Å². The van der Waals surface area contributed by atoms with Gasteiger partial charge in [-0.05, 0) is 58.4 Å². The molecule has 1 heteroatoms. The van der Waals surface area contributed by atoms with E-state index in [2.05, 4.69) is 98.9 Å². The van der Waals surface area contributed by atoms with Gasteiger partial charge in [-0.15, -0.1) is 0 Å². The maximum absolute atomic E-state index is 3.74. The van der Waals surface area contributed by atoms with Crippen LogP contribution in [0.25, 0.3) is 0 Å². The lowest BCUT2D eigenvalue weighted by atomic mass is 9.71. The summed E-state index contributed by atoms with van der Waals surface area (Å²) in [6.45, 7) is 12.2. The van der Waals surface area contributed by atoms with Crippen molar-refractivity contribution in [2.45, 2.75) is 59.8 Å². The van der Waals surface area contributed by atoms with Crippen molar-refractivity contribution in [3.63, 3.8) is 0 Å². The molecule has 0 saturated heterocycles. The van der Waals surface area contributed by atoms with E-state index in [1.807, 2.05) is 13.8 Å². The largest absolute Gasteiger partial charge is 0.385 e. The SMILES string of the molecule is CC.CC(C)(C)C1CCNc2c(Cc3ccccc3)cc(Cc3ccccc3)cc21. The fourth-order valence-electron chi connectivity index (χ4n) is 4.57. The van der Waals surface area contributed by atoms with Crippen LogP contribution < -0.4 is 5.32 Å². The highest BCUT2D eigenvalue weighted by Gasteiger charge is 2.31. The first-order valence-corrected chi connectivity index (χ1v) is 11.5. The maximum Gasteiger partial charge on any atom is 0.0411 e. The Morgan fingerprint density at radius 1 is 0.767 bits per heavy atom. The Bertz CT molecular complexity index is 920. The number of benzene rings is 3. The van der Waals surface area contributed by atoms with Crippen LogP contribution in [-0.4, -0.2) is 6.54 Å². The molecule has 1 nitrogen and oxygen atoms in total. The van der Waals surface area contributed by atoms with Gasteiger partial charge < -0.3 is 5.32 Å². The molecule has 1 aliphatic rings. The molecule has 0 radical (unpaired) electrons. The summed E-state index contributed by atoms with van der Waals surface area (Å²) in [4.78, 5) is 0. The van der Waals surface area contributed by atoms with Gasteiger partial charge in [0.2, 0.25) is 0 Å². The van der Waals surface area contributed by atoms with Crippen LogP contribution in [0, 0.1) is 5.41 Å². The van der Waals surface area contributed by atoms with Crippen LogP contribution >= 0.6 is 0 Å². The summed E-state index contributed by atoms with van der Waals surface area (Å²) >= 11 is 0. The Morgan fingerprint density at radius 2 is 1.33 bits per heavy atom. The van der Waals surface area contributed by atoms with E-state index in [4.69, 9.17) is 0 Å². The van der Waals surface area contributed by atoms with E-state index in [0.717, 1.165) is 19.4 Å². The molecule has 4 rings (SSSR count). The molecule has 3 aromatic rings. The fraction of sp³-hybridized carbons (Fsp3) is 0.379. The molecule has 3 aromatic carbocycles. The second kappa shape index (κ2) is 9.98. The van der Waals surface area contributed by atoms with E-state index in [1.165, 1.54) is 39.9 Å². The lowest BCUT2D eigenvalue weighted by Crippen LogP contribution is -2.27. The summed E-state index contributed by atoms with van der Waals surface area (Å²) in [5, 5.41) is 3.74. The standard InChI is InChI=1S/C27H31N.C2H6/c1-27(2,3)25-14-15-28-26-23(17-21-12-8-5-9-13-21)18-22(19-24(25)26)16-20-10-6-4-7-11-20;1-2/h4-13,18-19,25,28H,14-17H2,1-3H3;1-2H3. The highest BCUT2D eigenvalue weighted by Crippen LogP contribution is 2.45. The second-order valence-corrected chi connectivity index (χ2v) is 9.18. The molecule has 1 atom stereocenters. The Morgan fingerprint density at radius 3 is 1.90 bits per heavy atom. The van der Waals surface area contributed by atoms with Crippen LogP contribution in [0.4, 0.5) is 5.69 Å². The van der Waals surface area contributed by atoms with Gasteiger partial charge in [0.15, 0.2) is 0 Å². The quantitative estimate of drug-likeness (QED) is 0.471. The lowest BCUT2D eigenvalue weighted by molar-refractivity contribution is 0.305. The number of anilines is 1. The third-order valence-corrected chi connectivity index (χ3v) is 5.95. The maximum atomic E-state index is 3.74. The van der Waals surface area contributed by atoms with Crippen molar-refractivity contribution in [3.05, 3.63) is 101 Å². The normalized spacial score (nSPS) is 15.4. The number of rotatable bonds is 4. The molecule has 1 aliphatic heterocycles. The van der Waals surface area contributed by atoms with Crippen LogP contribution in [-0.2, 0) is 12.8 Å². The van der Waals surface area contributed by atoms with Crippen LogP contribution in [0.3, 0.4) is 0 Å². The number of nitrogens with one attached hydrogen (secondary N) is 1. The van der Waals surface area contributed by atoms with E-state index in [0.29, 0.717) is 5.92 Å². The molecule has 1 unspecified atom stereocenters. The van der Waals surface area contributed by atoms with E-state index in [1.54, 1.807) is 0 Å². The summed E-state index contributed by atoms with van der Waals surface area (Å²) in [7, 11) is 0. The first kappa shape index (κ1) is 22.2. The average molecular weight is 400 g/mol. The Kier molecular flexibility index (Phi) is 7.37. The van der Waals surface area contributed by atoms with Crippen molar-refractivity contribution < 1.29 is 0 Å². The van der Waals surface area contributed by atoms with Gasteiger partial charge in [0.1, 0.15) is 0 Å².